The predicted molar refractivity (Wildman–Crippen MR) is 105 cm³/mol. The Morgan fingerprint density at radius 3 is 2.16 bits per heavy atom. The average Bonchev–Trinajstić information content (AvgIpc) is 2.61. The molecular weight excluding hydrogens is 310 g/mol. The summed E-state index contributed by atoms with van der Waals surface area (Å²) in [5, 5.41) is 0. The Balaban J connectivity index is 2.29. The number of carbonyl (C=O) groups excluding carboxylic acids is 1. The van der Waals surface area contributed by atoms with Crippen LogP contribution in [0.15, 0.2) is 24.4 Å². The van der Waals surface area contributed by atoms with Gasteiger partial charge in [-0.05, 0) is 37.8 Å². The van der Waals surface area contributed by atoms with E-state index in [1.165, 1.54) is 57.8 Å². The summed E-state index contributed by atoms with van der Waals surface area (Å²) in [6.45, 7) is 4.46. The molecule has 25 heavy (non-hydrogen) atoms. The third-order valence-corrected chi connectivity index (χ3v) is 4.61. The van der Waals surface area contributed by atoms with Crippen LogP contribution in [0.3, 0.4) is 0 Å². The Labute approximate surface area is 154 Å². The third-order valence-electron chi connectivity index (χ3n) is 4.61. The van der Waals surface area contributed by atoms with Gasteiger partial charge in [0, 0.05) is 6.20 Å². The molecule has 0 N–H and O–H groups in total. The molecular formula is C22H37NO2. The summed E-state index contributed by atoms with van der Waals surface area (Å²) in [7, 11) is 0. The summed E-state index contributed by atoms with van der Waals surface area (Å²) in [5.74, 6) is -0.136. The van der Waals surface area contributed by atoms with E-state index < -0.39 is 0 Å². The van der Waals surface area contributed by atoms with Crippen LogP contribution in [0, 0.1) is 0 Å². The molecule has 1 heterocycles. The van der Waals surface area contributed by atoms with Crippen molar-refractivity contribution in [2.75, 3.05) is 0 Å². The van der Waals surface area contributed by atoms with Crippen LogP contribution in [-0.4, -0.2) is 17.1 Å². The summed E-state index contributed by atoms with van der Waals surface area (Å²) < 4.78 is 5.77. The van der Waals surface area contributed by atoms with Crippen LogP contribution in [0.25, 0.3) is 0 Å². The molecule has 142 valence electrons. The van der Waals surface area contributed by atoms with Gasteiger partial charge in [-0.3, -0.25) is 9.78 Å². The number of hydrogen-bond acceptors (Lipinski definition) is 3. The quantitative estimate of drug-likeness (QED) is 0.278. The van der Waals surface area contributed by atoms with Crippen LogP contribution >= 0.6 is 0 Å². The molecule has 0 aliphatic heterocycles. The summed E-state index contributed by atoms with van der Waals surface area (Å²) in [5.41, 5.74) is 0.788. The zero-order chi connectivity index (χ0) is 18.2. The van der Waals surface area contributed by atoms with Gasteiger partial charge in [-0.2, -0.15) is 0 Å². The minimum atomic E-state index is -0.136. The first-order valence-corrected chi connectivity index (χ1v) is 10.4. The average molecular weight is 348 g/mol. The van der Waals surface area contributed by atoms with Crippen molar-refractivity contribution in [3.05, 3.63) is 30.1 Å². The largest absolute Gasteiger partial charge is 0.462 e. The lowest BCUT2D eigenvalue weighted by atomic mass is 10.0. The Bertz CT molecular complexity index is 433. The van der Waals surface area contributed by atoms with Gasteiger partial charge < -0.3 is 4.74 Å². The van der Waals surface area contributed by atoms with Gasteiger partial charge in [0.2, 0.25) is 0 Å². The zero-order valence-corrected chi connectivity index (χ0v) is 16.3. The minimum absolute atomic E-state index is 0.0819. The van der Waals surface area contributed by atoms with E-state index in [4.69, 9.17) is 4.74 Å². The molecule has 1 rings (SSSR count). The molecule has 0 saturated heterocycles. The van der Waals surface area contributed by atoms with Crippen molar-refractivity contribution in [1.82, 2.24) is 4.98 Å². The van der Waals surface area contributed by atoms with Crippen LogP contribution in [-0.2, 0) is 16.0 Å². The van der Waals surface area contributed by atoms with E-state index in [0.29, 0.717) is 0 Å². The van der Waals surface area contributed by atoms with Gasteiger partial charge in [0.05, 0.1) is 12.1 Å². The van der Waals surface area contributed by atoms with E-state index in [1.54, 1.807) is 6.20 Å². The molecule has 3 nitrogen and oxygen atoms in total. The van der Waals surface area contributed by atoms with Crippen LogP contribution in [0.5, 0.6) is 0 Å². The Hall–Kier alpha value is -1.38. The molecule has 1 unspecified atom stereocenters. The van der Waals surface area contributed by atoms with E-state index in [2.05, 4.69) is 18.8 Å². The second kappa shape index (κ2) is 14.9. The van der Waals surface area contributed by atoms with Gasteiger partial charge in [-0.1, -0.05) is 71.3 Å². The van der Waals surface area contributed by atoms with Crippen molar-refractivity contribution in [3.8, 4) is 0 Å². The SMILES string of the molecule is CCCCCCCCCC(CCCCC)OC(=O)Cc1ccccn1. The number of ether oxygens (including phenoxy) is 1. The third kappa shape index (κ3) is 11.7. The van der Waals surface area contributed by atoms with E-state index in [0.717, 1.165) is 25.0 Å². The maximum atomic E-state index is 12.2. The second-order valence-electron chi connectivity index (χ2n) is 7.02. The van der Waals surface area contributed by atoms with Crippen molar-refractivity contribution in [2.24, 2.45) is 0 Å². The molecule has 0 aliphatic rings. The van der Waals surface area contributed by atoms with E-state index >= 15 is 0 Å². The molecule has 0 amide bonds. The van der Waals surface area contributed by atoms with Gasteiger partial charge in [-0.25, -0.2) is 0 Å². The van der Waals surface area contributed by atoms with Gasteiger partial charge in [-0.15, -0.1) is 0 Å². The topological polar surface area (TPSA) is 39.2 Å². The molecule has 1 atom stereocenters. The van der Waals surface area contributed by atoms with Gasteiger partial charge in [0.25, 0.3) is 0 Å². The highest BCUT2D eigenvalue weighted by molar-refractivity contribution is 5.72. The van der Waals surface area contributed by atoms with E-state index in [1.807, 2.05) is 18.2 Å². The first kappa shape index (κ1) is 21.7. The highest BCUT2D eigenvalue weighted by Gasteiger charge is 2.15. The van der Waals surface area contributed by atoms with Crippen molar-refractivity contribution in [2.45, 2.75) is 103 Å². The lowest BCUT2D eigenvalue weighted by Gasteiger charge is -2.18. The van der Waals surface area contributed by atoms with Crippen LogP contribution in [0.2, 0.25) is 0 Å². The number of carbonyl (C=O) groups is 1. The first-order chi connectivity index (χ1) is 12.3. The Kier molecular flexibility index (Phi) is 12.9. The molecule has 1 aromatic heterocycles. The highest BCUT2D eigenvalue weighted by atomic mass is 16.5. The maximum absolute atomic E-state index is 12.2. The molecule has 0 bridgehead atoms. The second-order valence-corrected chi connectivity index (χ2v) is 7.02. The highest BCUT2D eigenvalue weighted by Crippen LogP contribution is 2.16. The van der Waals surface area contributed by atoms with Gasteiger partial charge in [0.1, 0.15) is 6.10 Å². The van der Waals surface area contributed by atoms with Crippen LogP contribution in [0.4, 0.5) is 0 Å². The fourth-order valence-corrected chi connectivity index (χ4v) is 3.09. The van der Waals surface area contributed by atoms with E-state index in [9.17, 15) is 4.79 Å². The smallest absolute Gasteiger partial charge is 0.312 e. The minimum Gasteiger partial charge on any atom is -0.462 e. The summed E-state index contributed by atoms with van der Waals surface area (Å²) in [6.07, 6.45) is 16.7. The van der Waals surface area contributed by atoms with Crippen LogP contribution < -0.4 is 0 Å². The summed E-state index contributed by atoms with van der Waals surface area (Å²) in [6, 6.07) is 5.65. The van der Waals surface area contributed by atoms with Crippen molar-refractivity contribution in [3.63, 3.8) is 0 Å². The summed E-state index contributed by atoms with van der Waals surface area (Å²) in [4.78, 5) is 16.4. The molecule has 0 radical (unpaired) electrons. The zero-order valence-electron chi connectivity index (χ0n) is 16.3. The number of unbranched alkanes of at least 4 members (excludes halogenated alkanes) is 8. The van der Waals surface area contributed by atoms with Crippen molar-refractivity contribution in [1.29, 1.82) is 0 Å². The number of nitrogens with zero attached hydrogens (tertiary/aromatic N) is 1. The van der Waals surface area contributed by atoms with Crippen molar-refractivity contribution >= 4 is 5.97 Å². The Morgan fingerprint density at radius 2 is 1.52 bits per heavy atom. The molecule has 1 aromatic rings. The van der Waals surface area contributed by atoms with Crippen molar-refractivity contribution < 1.29 is 9.53 Å². The molecule has 3 heteroatoms. The maximum Gasteiger partial charge on any atom is 0.312 e. The predicted octanol–water partition coefficient (Wildman–Crippen LogP) is 6.26. The summed E-state index contributed by atoms with van der Waals surface area (Å²) >= 11 is 0. The van der Waals surface area contributed by atoms with E-state index in [-0.39, 0.29) is 18.5 Å². The number of aromatic nitrogens is 1. The van der Waals surface area contributed by atoms with Gasteiger partial charge in [0.15, 0.2) is 0 Å². The van der Waals surface area contributed by atoms with Crippen LogP contribution in [0.1, 0.15) is 96.6 Å². The molecule has 0 aromatic carbocycles. The number of pyridine rings is 1. The monoisotopic (exact) mass is 347 g/mol. The normalized spacial score (nSPS) is 12.1. The van der Waals surface area contributed by atoms with Gasteiger partial charge >= 0.3 is 5.97 Å². The number of rotatable bonds is 15. The number of esters is 1. The lowest BCUT2D eigenvalue weighted by Crippen LogP contribution is -2.20. The molecule has 0 fully saturated rings. The Morgan fingerprint density at radius 1 is 0.920 bits per heavy atom. The first-order valence-electron chi connectivity index (χ1n) is 10.4. The molecule has 0 spiro atoms. The fraction of sp³-hybridized carbons (Fsp3) is 0.727. The number of hydrogen-bond donors (Lipinski definition) is 0. The molecule has 0 saturated carbocycles. The fourth-order valence-electron chi connectivity index (χ4n) is 3.09. The lowest BCUT2D eigenvalue weighted by molar-refractivity contribution is -0.149. The molecule has 0 aliphatic carbocycles. The standard InChI is InChI=1S/C22H37NO2/c1-3-5-7-8-9-10-12-17-21(16-11-6-4-2)25-22(24)19-20-15-13-14-18-23-20/h13-15,18,21H,3-12,16-17,19H2,1-2H3.